The van der Waals surface area contributed by atoms with Gasteiger partial charge in [0.2, 0.25) is 5.95 Å². The number of alkyl halides is 2. The Bertz CT molecular complexity index is 1360. The van der Waals surface area contributed by atoms with Crippen LogP contribution in [0.25, 0.3) is 22.0 Å². The highest BCUT2D eigenvalue weighted by molar-refractivity contribution is 7.13. The summed E-state index contributed by atoms with van der Waals surface area (Å²) in [6, 6.07) is 8.88. The summed E-state index contributed by atoms with van der Waals surface area (Å²) in [6.45, 7) is -2.24. The smallest absolute Gasteiger partial charge is 0.333 e. The Labute approximate surface area is 196 Å². The quantitative estimate of drug-likeness (QED) is 0.431. The molecule has 1 aromatic carbocycles. The normalized spacial score (nSPS) is 18.1. The van der Waals surface area contributed by atoms with E-state index in [1.54, 1.807) is 37.5 Å². The monoisotopic (exact) mass is 483 g/mol. The van der Waals surface area contributed by atoms with E-state index < -0.39 is 12.2 Å². The lowest BCUT2D eigenvalue weighted by Gasteiger charge is -2.21. The summed E-state index contributed by atoms with van der Waals surface area (Å²) in [6.07, 6.45) is 4.30. The van der Waals surface area contributed by atoms with Gasteiger partial charge in [0.05, 0.1) is 23.8 Å². The molecule has 0 radical (unpaired) electrons. The molecule has 1 aliphatic rings. The van der Waals surface area contributed by atoms with Gasteiger partial charge in [0, 0.05) is 37.2 Å². The molecule has 4 aromatic rings. The van der Waals surface area contributed by atoms with Crippen LogP contribution in [0.4, 0.5) is 20.4 Å². The number of anilines is 2. The van der Waals surface area contributed by atoms with Gasteiger partial charge in [-0.05, 0) is 17.7 Å². The molecule has 0 saturated carbocycles. The standard InChI is InChI=1S/C22H19F2N7O2S/c1-30-8-6-22(33,19(30)32)14-4-2-3-13(9-14)18-28-17(12-34-18)16-5-7-25-21(29-16)27-15-10-26-31(11-15)20(23)24/h2-5,7,9-12,20,33H,6,8H2,1H3,(H,25,27,29). The molecule has 5 rings (SSSR count). The van der Waals surface area contributed by atoms with Crippen molar-refractivity contribution in [3.05, 3.63) is 59.9 Å². The summed E-state index contributed by atoms with van der Waals surface area (Å²) in [5.74, 6) is -0.0986. The predicted octanol–water partition coefficient (Wildman–Crippen LogP) is 3.65. The van der Waals surface area contributed by atoms with Crippen molar-refractivity contribution >= 4 is 28.9 Å². The predicted molar refractivity (Wildman–Crippen MR) is 121 cm³/mol. The number of aromatic nitrogens is 5. The van der Waals surface area contributed by atoms with Gasteiger partial charge in [0.15, 0.2) is 5.60 Å². The molecule has 1 amide bonds. The first-order chi connectivity index (χ1) is 16.3. The fourth-order valence-corrected chi connectivity index (χ4v) is 4.57. The highest BCUT2D eigenvalue weighted by atomic mass is 32.1. The molecule has 4 heterocycles. The average Bonchev–Trinajstić information content (AvgIpc) is 3.57. The van der Waals surface area contributed by atoms with Gasteiger partial charge in [-0.25, -0.2) is 19.6 Å². The number of rotatable bonds is 6. The number of carbonyl (C=O) groups is 1. The number of amides is 1. The number of likely N-dealkylation sites (tertiary alicyclic amines) is 1. The van der Waals surface area contributed by atoms with Crippen molar-refractivity contribution in [3.63, 3.8) is 0 Å². The number of aliphatic hydroxyl groups is 1. The second-order valence-corrected chi connectivity index (χ2v) is 8.69. The Morgan fingerprint density at radius 1 is 1.24 bits per heavy atom. The molecule has 12 heteroatoms. The Kier molecular flexibility index (Phi) is 5.54. The Morgan fingerprint density at radius 2 is 2.09 bits per heavy atom. The zero-order chi connectivity index (χ0) is 23.9. The second-order valence-electron chi connectivity index (χ2n) is 7.83. The molecule has 174 valence electrons. The van der Waals surface area contributed by atoms with Crippen LogP contribution in [-0.4, -0.2) is 54.2 Å². The first-order valence-corrected chi connectivity index (χ1v) is 11.2. The van der Waals surface area contributed by atoms with E-state index in [1.807, 2.05) is 11.4 Å². The summed E-state index contributed by atoms with van der Waals surface area (Å²) < 4.78 is 26.0. The first-order valence-electron chi connectivity index (χ1n) is 10.3. The minimum Gasteiger partial charge on any atom is -0.375 e. The molecule has 0 spiro atoms. The van der Waals surface area contributed by atoms with Crippen LogP contribution < -0.4 is 5.32 Å². The van der Waals surface area contributed by atoms with Crippen molar-refractivity contribution in [2.24, 2.45) is 0 Å². The lowest BCUT2D eigenvalue weighted by Crippen LogP contribution is -2.36. The molecule has 1 atom stereocenters. The van der Waals surface area contributed by atoms with E-state index in [0.717, 1.165) is 11.8 Å². The minimum absolute atomic E-state index is 0.217. The number of thiazole rings is 1. The second kappa shape index (κ2) is 8.54. The fourth-order valence-electron chi connectivity index (χ4n) is 3.76. The zero-order valence-electron chi connectivity index (χ0n) is 17.9. The van der Waals surface area contributed by atoms with Gasteiger partial charge in [0.25, 0.3) is 5.91 Å². The topological polar surface area (TPSA) is 109 Å². The number of likely N-dealkylation sites (N-methyl/N-ethyl adjacent to an activating group) is 1. The molecule has 34 heavy (non-hydrogen) atoms. The summed E-state index contributed by atoms with van der Waals surface area (Å²) in [7, 11) is 1.67. The molecule has 2 N–H and O–H groups in total. The van der Waals surface area contributed by atoms with Gasteiger partial charge < -0.3 is 15.3 Å². The van der Waals surface area contributed by atoms with E-state index >= 15 is 0 Å². The number of halogens is 2. The lowest BCUT2D eigenvalue weighted by molar-refractivity contribution is -0.143. The summed E-state index contributed by atoms with van der Waals surface area (Å²) in [5, 5.41) is 19.9. The molecular formula is C22H19F2N7O2S. The third kappa shape index (κ3) is 4.01. The molecular weight excluding hydrogens is 464 g/mol. The van der Waals surface area contributed by atoms with E-state index in [9.17, 15) is 18.7 Å². The number of hydrogen-bond donors (Lipinski definition) is 2. The summed E-state index contributed by atoms with van der Waals surface area (Å²) >= 11 is 1.40. The van der Waals surface area contributed by atoms with Crippen LogP contribution >= 0.6 is 11.3 Å². The first kappa shape index (κ1) is 22.0. The van der Waals surface area contributed by atoms with Crippen LogP contribution in [0.15, 0.2) is 54.3 Å². The number of hydrogen-bond acceptors (Lipinski definition) is 8. The van der Waals surface area contributed by atoms with E-state index in [1.165, 1.54) is 22.4 Å². The third-order valence-corrected chi connectivity index (χ3v) is 6.47. The maximum atomic E-state index is 12.7. The molecule has 1 saturated heterocycles. The van der Waals surface area contributed by atoms with Gasteiger partial charge in [-0.2, -0.15) is 13.9 Å². The number of carbonyl (C=O) groups excluding carboxylic acids is 1. The minimum atomic E-state index is -2.73. The molecule has 1 aliphatic heterocycles. The number of nitrogens with zero attached hydrogens (tertiary/aromatic N) is 6. The Morgan fingerprint density at radius 3 is 2.82 bits per heavy atom. The van der Waals surface area contributed by atoms with Crippen LogP contribution in [-0.2, 0) is 10.4 Å². The number of benzene rings is 1. The number of nitrogens with one attached hydrogen (secondary N) is 1. The van der Waals surface area contributed by atoms with Crippen molar-refractivity contribution in [2.75, 3.05) is 18.9 Å². The van der Waals surface area contributed by atoms with E-state index in [4.69, 9.17) is 0 Å². The lowest BCUT2D eigenvalue weighted by atomic mass is 9.91. The molecule has 1 fully saturated rings. The van der Waals surface area contributed by atoms with Crippen molar-refractivity contribution in [2.45, 2.75) is 18.6 Å². The van der Waals surface area contributed by atoms with E-state index in [-0.39, 0.29) is 11.9 Å². The van der Waals surface area contributed by atoms with Crippen molar-refractivity contribution in [3.8, 4) is 22.0 Å². The zero-order valence-corrected chi connectivity index (χ0v) is 18.7. The molecule has 0 aliphatic carbocycles. The van der Waals surface area contributed by atoms with Crippen LogP contribution in [0.1, 0.15) is 18.5 Å². The van der Waals surface area contributed by atoms with Crippen LogP contribution in [0.2, 0.25) is 0 Å². The highest BCUT2D eigenvalue weighted by Gasteiger charge is 2.45. The maximum absolute atomic E-state index is 12.7. The SMILES string of the molecule is CN1CCC(O)(c2cccc(-c3nc(-c4ccnc(Nc5cnn(C(F)F)c5)n4)cs3)c2)C1=O. The summed E-state index contributed by atoms with van der Waals surface area (Å²) in [5.41, 5.74) is 1.26. The molecule has 0 bridgehead atoms. The van der Waals surface area contributed by atoms with Gasteiger partial charge >= 0.3 is 6.55 Å². The molecule has 9 nitrogen and oxygen atoms in total. The van der Waals surface area contributed by atoms with Crippen LogP contribution in [0.3, 0.4) is 0 Å². The van der Waals surface area contributed by atoms with Gasteiger partial charge in [-0.3, -0.25) is 4.79 Å². The van der Waals surface area contributed by atoms with Crippen molar-refractivity contribution in [1.82, 2.24) is 29.6 Å². The largest absolute Gasteiger partial charge is 0.375 e. The van der Waals surface area contributed by atoms with Crippen molar-refractivity contribution in [1.29, 1.82) is 0 Å². The van der Waals surface area contributed by atoms with Crippen LogP contribution in [0, 0.1) is 0 Å². The van der Waals surface area contributed by atoms with E-state index in [2.05, 4.69) is 25.4 Å². The average molecular weight is 484 g/mol. The van der Waals surface area contributed by atoms with Gasteiger partial charge in [-0.15, -0.1) is 11.3 Å². The van der Waals surface area contributed by atoms with Crippen LogP contribution in [0.5, 0.6) is 0 Å². The Hall–Kier alpha value is -3.77. The maximum Gasteiger partial charge on any atom is 0.333 e. The third-order valence-electron chi connectivity index (χ3n) is 5.58. The van der Waals surface area contributed by atoms with Gasteiger partial charge in [0.1, 0.15) is 10.7 Å². The highest BCUT2D eigenvalue weighted by Crippen LogP contribution is 2.36. The van der Waals surface area contributed by atoms with Gasteiger partial charge in [-0.1, -0.05) is 18.2 Å². The fraction of sp³-hybridized carbons (Fsp3) is 0.227. The summed E-state index contributed by atoms with van der Waals surface area (Å²) in [4.78, 5) is 27.2. The molecule has 3 aromatic heterocycles. The van der Waals surface area contributed by atoms with E-state index in [0.29, 0.717) is 45.3 Å². The Balaban J connectivity index is 1.38. The van der Waals surface area contributed by atoms with Crippen molar-refractivity contribution < 1.29 is 18.7 Å². The molecule has 1 unspecified atom stereocenters.